The van der Waals surface area contributed by atoms with Crippen LogP contribution in [0.2, 0.25) is 0 Å². The van der Waals surface area contributed by atoms with E-state index in [1.165, 1.54) is 92.7 Å². The van der Waals surface area contributed by atoms with Crippen LogP contribution in [0.4, 0.5) is 0 Å². The summed E-state index contributed by atoms with van der Waals surface area (Å²) in [6.07, 6.45) is 0. The number of nitrogens with zero attached hydrogens (tertiary/aromatic N) is 1. The average molecular weight is 754 g/mol. The molecule has 0 N–H and O–H groups in total. The Morgan fingerprint density at radius 3 is 1.45 bits per heavy atom. The number of hydrogen-bond acceptors (Lipinski definition) is 0. The Hall–Kier alpha value is -7.00. The third-order valence-corrected chi connectivity index (χ3v) is 18.0. The van der Waals surface area contributed by atoms with Crippen molar-refractivity contribution in [3.05, 3.63) is 258 Å². The van der Waals surface area contributed by atoms with Crippen molar-refractivity contribution in [2.24, 2.45) is 0 Å². The predicted octanol–water partition coefficient (Wildman–Crippen LogP) is 10.8. The molecule has 0 fully saturated rings. The van der Waals surface area contributed by atoms with Gasteiger partial charge in [-0.15, -0.1) is 0 Å². The number of fused-ring (bicyclic) bond motifs is 3. The first-order valence-corrected chi connectivity index (χ1v) is 22.4. The van der Waals surface area contributed by atoms with E-state index in [0.29, 0.717) is 0 Å². The predicted molar refractivity (Wildman–Crippen MR) is 245 cm³/mol. The van der Waals surface area contributed by atoms with E-state index >= 15 is 0 Å². The lowest BCUT2D eigenvalue weighted by Gasteiger charge is -2.47. The van der Waals surface area contributed by atoms with Crippen molar-refractivity contribution in [3.63, 3.8) is 0 Å². The highest BCUT2D eigenvalue weighted by Gasteiger charge is 2.49. The maximum absolute atomic E-state index is 2.87. The number of benzene rings is 9. The van der Waals surface area contributed by atoms with Gasteiger partial charge in [0.25, 0.3) is 0 Å². The van der Waals surface area contributed by atoms with Crippen molar-refractivity contribution in [2.45, 2.75) is 11.8 Å². The molecule has 3 aliphatic carbocycles. The van der Waals surface area contributed by atoms with Gasteiger partial charge in [0, 0.05) is 28.3 Å². The van der Waals surface area contributed by atoms with Crippen LogP contribution in [0.25, 0.3) is 38.6 Å². The molecule has 1 nitrogen and oxygen atoms in total. The fraction of sp³-hybridized carbons (Fsp3) is 0.0357. The minimum atomic E-state index is -2.87. The molecule has 9 aromatic carbocycles. The molecule has 1 heterocycles. The smallest absolute Gasteiger partial charge is 0.179 e. The van der Waals surface area contributed by atoms with Crippen LogP contribution in [0.15, 0.2) is 224 Å². The van der Waals surface area contributed by atoms with Crippen LogP contribution < -0.4 is 20.7 Å². The van der Waals surface area contributed by atoms with Crippen molar-refractivity contribution in [1.29, 1.82) is 0 Å². The fourth-order valence-electron chi connectivity index (χ4n) is 11.0. The van der Waals surface area contributed by atoms with Crippen LogP contribution in [-0.4, -0.2) is 12.6 Å². The zero-order valence-corrected chi connectivity index (χ0v) is 33.0. The number of aromatic nitrogens is 1. The first-order chi connectivity index (χ1) is 28.8. The van der Waals surface area contributed by atoms with Crippen LogP contribution in [0.1, 0.15) is 45.2 Å². The Labute approximate surface area is 340 Å². The Morgan fingerprint density at radius 1 is 0.328 bits per heavy atom. The average Bonchev–Trinajstić information content (AvgIpc) is 3.65. The van der Waals surface area contributed by atoms with Gasteiger partial charge >= 0.3 is 0 Å². The van der Waals surface area contributed by atoms with Crippen LogP contribution in [0.3, 0.4) is 0 Å². The van der Waals surface area contributed by atoms with E-state index in [9.17, 15) is 0 Å². The minimum absolute atomic E-state index is 0.0549. The molecule has 3 aliphatic rings. The summed E-state index contributed by atoms with van der Waals surface area (Å²) in [4.78, 5) is 0. The molecule has 58 heavy (non-hydrogen) atoms. The van der Waals surface area contributed by atoms with Gasteiger partial charge in [-0.25, -0.2) is 0 Å². The molecule has 0 aliphatic heterocycles. The minimum Gasteiger partial charge on any atom is -0.309 e. The molecule has 13 rings (SSSR count). The van der Waals surface area contributed by atoms with Crippen molar-refractivity contribution in [1.82, 2.24) is 4.57 Å². The molecular formula is C56H39NSi. The van der Waals surface area contributed by atoms with Gasteiger partial charge < -0.3 is 4.57 Å². The second-order valence-electron chi connectivity index (χ2n) is 15.8. The summed E-state index contributed by atoms with van der Waals surface area (Å²) < 4.78 is 2.44. The first kappa shape index (κ1) is 33.2. The van der Waals surface area contributed by atoms with E-state index in [1.54, 1.807) is 0 Å². The van der Waals surface area contributed by atoms with Gasteiger partial charge in [-0.2, -0.15) is 0 Å². The van der Waals surface area contributed by atoms with E-state index in [-0.39, 0.29) is 11.8 Å². The number of hydrogen-bond donors (Lipinski definition) is 0. The molecule has 0 radical (unpaired) electrons. The van der Waals surface area contributed by atoms with E-state index in [0.717, 1.165) is 0 Å². The molecule has 272 valence electrons. The third-order valence-electron chi connectivity index (χ3n) is 13.1. The monoisotopic (exact) mass is 753 g/mol. The summed E-state index contributed by atoms with van der Waals surface area (Å²) in [6, 6.07) is 84.7. The summed E-state index contributed by atoms with van der Waals surface area (Å²) in [5.41, 5.74) is 15.0. The molecule has 1 aromatic heterocycles. The fourth-order valence-corrected chi connectivity index (χ4v) is 16.0. The third kappa shape index (κ3) is 4.58. The highest BCUT2D eigenvalue weighted by atomic mass is 28.3. The molecular weight excluding hydrogens is 715 g/mol. The van der Waals surface area contributed by atoms with Crippen molar-refractivity contribution < 1.29 is 0 Å². The largest absolute Gasteiger partial charge is 0.309 e. The SMILES string of the molecule is c1ccc(-n2c3ccccc3c3c(-c4cccc5c4C4c6ccccc6C5c5cccc([Si](c6ccccc6)(c6ccccc6)c6ccccc6)c54)cccc32)cc1. The van der Waals surface area contributed by atoms with Crippen LogP contribution in [0.5, 0.6) is 0 Å². The second kappa shape index (κ2) is 13.0. The molecule has 2 heteroatoms. The first-order valence-electron chi connectivity index (χ1n) is 20.4. The second-order valence-corrected chi connectivity index (χ2v) is 19.6. The Kier molecular flexibility index (Phi) is 7.45. The maximum Gasteiger partial charge on any atom is 0.179 e. The van der Waals surface area contributed by atoms with E-state index in [4.69, 9.17) is 0 Å². The number of para-hydroxylation sites is 2. The summed E-state index contributed by atoms with van der Waals surface area (Å²) >= 11 is 0. The van der Waals surface area contributed by atoms with Crippen molar-refractivity contribution >= 4 is 50.6 Å². The zero-order valence-electron chi connectivity index (χ0n) is 32.0. The Bertz CT molecular complexity index is 3070. The maximum atomic E-state index is 2.50. The molecule has 2 atom stereocenters. The molecule has 2 unspecified atom stereocenters. The van der Waals surface area contributed by atoms with E-state index in [2.05, 4.69) is 229 Å². The highest BCUT2D eigenvalue weighted by molar-refractivity contribution is 7.20. The summed E-state index contributed by atoms with van der Waals surface area (Å²) in [7, 11) is -2.87. The van der Waals surface area contributed by atoms with Gasteiger partial charge in [0.15, 0.2) is 8.07 Å². The van der Waals surface area contributed by atoms with Crippen molar-refractivity contribution in [3.8, 4) is 16.8 Å². The topological polar surface area (TPSA) is 4.93 Å². The van der Waals surface area contributed by atoms with Gasteiger partial charge in [0.2, 0.25) is 0 Å². The standard InChI is InChI=1S/C56H39NSi/c1-5-20-38(21-6-1)57-49-35-16-15-30-46(49)53-43(32-18-36-50(53)57)44-31-17-33-47-52-42-28-13-14-29-45(42)56(54(44)47)55-48(52)34-19-37-51(55)58(39-22-7-2-8-23-39,40-24-9-3-10-25-40)41-26-11-4-12-27-41/h1-37,52,56H. The zero-order chi connectivity index (χ0) is 38.2. The van der Waals surface area contributed by atoms with Crippen LogP contribution in [-0.2, 0) is 0 Å². The van der Waals surface area contributed by atoms with Crippen LogP contribution in [0, 0.1) is 0 Å². The Morgan fingerprint density at radius 2 is 0.793 bits per heavy atom. The molecule has 0 saturated heterocycles. The van der Waals surface area contributed by atoms with Crippen molar-refractivity contribution in [2.75, 3.05) is 0 Å². The lowest BCUT2D eigenvalue weighted by Crippen LogP contribution is -2.75. The quantitative estimate of drug-likeness (QED) is 0.118. The Balaban J connectivity index is 1.19. The highest BCUT2D eigenvalue weighted by Crippen LogP contribution is 2.58. The number of rotatable bonds is 6. The van der Waals surface area contributed by atoms with Gasteiger partial charge in [-0.3, -0.25) is 0 Å². The lowest BCUT2D eigenvalue weighted by atomic mass is 9.60. The summed E-state index contributed by atoms with van der Waals surface area (Å²) in [5.74, 6) is 0.185. The molecule has 2 bridgehead atoms. The molecule has 10 aromatic rings. The normalized spacial score (nSPS) is 15.2. The van der Waals surface area contributed by atoms with Crippen LogP contribution >= 0.6 is 0 Å². The lowest BCUT2D eigenvalue weighted by molar-refractivity contribution is 0.760. The molecule has 0 amide bonds. The van der Waals surface area contributed by atoms with Gasteiger partial charge in [0.05, 0.1) is 11.0 Å². The van der Waals surface area contributed by atoms with E-state index in [1.807, 2.05) is 0 Å². The van der Waals surface area contributed by atoms with E-state index < -0.39 is 8.07 Å². The van der Waals surface area contributed by atoms with Gasteiger partial charge in [-0.05, 0) is 89.5 Å². The van der Waals surface area contributed by atoms with Gasteiger partial charge in [0.1, 0.15) is 0 Å². The molecule has 0 saturated carbocycles. The summed E-state index contributed by atoms with van der Waals surface area (Å²) in [6.45, 7) is 0. The molecule has 0 spiro atoms. The summed E-state index contributed by atoms with van der Waals surface area (Å²) in [5, 5.41) is 8.28. The van der Waals surface area contributed by atoms with Gasteiger partial charge in [-0.1, -0.05) is 200 Å².